The van der Waals surface area contributed by atoms with Gasteiger partial charge in [0, 0.05) is 11.1 Å². The number of hydrogen-bond donors (Lipinski definition) is 0. The fraction of sp³-hybridized carbons (Fsp3) is 0.250. The number of hydrogen-bond acceptors (Lipinski definition) is 3. The predicted molar refractivity (Wildman–Crippen MR) is 128 cm³/mol. The molecule has 0 aliphatic carbocycles. The Morgan fingerprint density at radius 2 is 1.73 bits per heavy atom. The Morgan fingerprint density at radius 3 is 2.39 bits per heavy atom. The molecule has 1 heterocycles. The Morgan fingerprint density at radius 1 is 1.03 bits per heavy atom. The molecule has 0 spiro atoms. The van der Waals surface area contributed by atoms with E-state index in [2.05, 4.69) is 25.6 Å². The van der Waals surface area contributed by atoms with Crippen LogP contribution in [-0.4, -0.2) is 19.2 Å². The first-order chi connectivity index (χ1) is 15.9. The van der Waals surface area contributed by atoms with Crippen molar-refractivity contribution in [3.63, 3.8) is 0 Å². The Bertz CT molecular complexity index is 1280. The minimum absolute atomic E-state index is 0.0716. The second kappa shape index (κ2) is 8.45. The van der Waals surface area contributed by atoms with Crippen molar-refractivity contribution in [1.29, 1.82) is 5.26 Å². The maximum Gasteiger partial charge on any atom is 0.295 e. The van der Waals surface area contributed by atoms with Crippen LogP contribution < -0.4 is 9.64 Å². The molecule has 1 atom stereocenters. The van der Waals surface area contributed by atoms with Gasteiger partial charge in [0.25, 0.3) is 12.6 Å². The molecule has 1 amide bonds. The number of ether oxygens (including phenoxy) is 1. The lowest BCUT2D eigenvalue weighted by molar-refractivity contribution is -0.120. The summed E-state index contributed by atoms with van der Waals surface area (Å²) in [6, 6.07) is 25.1. The minimum Gasteiger partial charge on any atom is -0.478 e. The van der Waals surface area contributed by atoms with Crippen molar-refractivity contribution in [2.45, 2.75) is 31.6 Å². The normalized spacial score (nSPS) is 17.2. The maximum atomic E-state index is 14.3. The van der Waals surface area contributed by atoms with Crippen molar-refractivity contribution in [3.05, 3.63) is 106 Å². The van der Waals surface area contributed by atoms with Crippen molar-refractivity contribution >= 4 is 11.6 Å². The molecular weight excluding hydrogens is 410 g/mol. The summed E-state index contributed by atoms with van der Waals surface area (Å²) in [5.74, 6) is 0.292. The van der Waals surface area contributed by atoms with Gasteiger partial charge in [-0.05, 0) is 34.7 Å². The topological polar surface area (TPSA) is 57.7 Å². The molecule has 1 unspecified atom stereocenters. The zero-order chi connectivity index (χ0) is 23.6. The molecule has 1 aliphatic heterocycles. The smallest absolute Gasteiger partial charge is 0.295 e. The highest BCUT2D eigenvalue weighted by atomic mass is 16.5. The summed E-state index contributed by atoms with van der Waals surface area (Å²) >= 11 is 0. The predicted octanol–water partition coefficient (Wildman–Crippen LogP) is 5.44. The Hall–Kier alpha value is -4.09. The van der Waals surface area contributed by atoms with Crippen LogP contribution in [0, 0.1) is 17.9 Å². The first-order valence-corrected chi connectivity index (χ1v) is 10.8. The van der Waals surface area contributed by atoms with Gasteiger partial charge in [-0.1, -0.05) is 75.4 Å². The average molecular weight is 436 g/mol. The van der Waals surface area contributed by atoms with Crippen molar-refractivity contribution < 1.29 is 9.53 Å². The van der Waals surface area contributed by atoms with Crippen LogP contribution in [-0.2, 0) is 15.6 Å². The van der Waals surface area contributed by atoms with E-state index >= 15 is 0 Å². The van der Waals surface area contributed by atoms with E-state index in [4.69, 9.17) is 11.3 Å². The van der Waals surface area contributed by atoms with Crippen LogP contribution in [0.5, 0.6) is 5.75 Å². The first kappa shape index (κ1) is 22.1. The van der Waals surface area contributed by atoms with Gasteiger partial charge in [-0.15, -0.1) is 0 Å². The van der Waals surface area contributed by atoms with E-state index in [1.54, 1.807) is 4.90 Å². The molecule has 3 aromatic rings. The summed E-state index contributed by atoms with van der Waals surface area (Å²) < 4.78 is 5.88. The summed E-state index contributed by atoms with van der Waals surface area (Å²) in [6.45, 7) is 13.6. The average Bonchev–Trinajstić information content (AvgIpc) is 3.06. The number of carbonyl (C=O) groups excluding carboxylic acids is 1. The van der Waals surface area contributed by atoms with E-state index in [1.807, 2.05) is 78.9 Å². The van der Waals surface area contributed by atoms with Crippen LogP contribution in [0.3, 0.4) is 0 Å². The van der Waals surface area contributed by atoms with Crippen molar-refractivity contribution in [3.8, 4) is 11.8 Å². The van der Waals surface area contributed by atoms with Crippen LogP contribution in [0.4, 0.5) is 5.69 Å². The molecule has 0 radical (unpaired) electrons. The molecular formula is C28H25N3O2. The van der Waals surface area contributed by atoms with E-state index in [0.717, 1.165) is 22.4 Å². The van der Waals surface area contributed by atoms with Crippen LogP contribution >= 0.6 is 0 Å². The van der Waals surface area contributed by atoms with Crippen LogP contribution in [0.25, 0.3) is 4.85 Å². The van der Waals surface area contributed by atoms with Gasteiger partial charge in [-0.2, -0.15) is 5.26 Å². The standard InChI is InChI=1S/C28H25N3O2/c1-27(2,3)21-14-15-25(33-17-16-29)23(18-21)28(20-10-6-5-7-11-20)22-12-8-9-13-24(22)31(19-30-4)26(28)32/h5-15,18H,17,19H2,1-3H3. The van der Waals surface area contributed by atoms with E-state index in [-0.39, 0.29) is 24.6 Å². The van der Waals surface area contributed by atoms with Gasteiger partial charge in [0.15, 0.2) is 6.61 Å². The Labute approximate surface area is 194 Å². The van der Waals surface area contributed by atoms with Crippen LogP contribution in [0.1, 0.15) is 43.0 Å². The third-order valence-electron chi connectivity index (χ3n) is 6.13. The van der Waals surface area contributed by atoms with Crippen LogP contribution in [0.2, 0.25) is 0 Å². The van der Waals surface area contributed by atoms with Gasteiger partial charge < -0.3 is 4.74 Å². The minimum atomic E-state index is -1.20. The molecule has 5 nitrogen and oxygen atoms in total. The molecule has 33 heavy (non-hydrogen) atoms. The number of benzene rings is 3. The van der Waals surface area contributed by atoms with Gasteiger partial charge in [0.2, 0.25) is 0 Å². The summed E-state index contributed by atoms with van der Waals surface area (Å²) in [5.41, 5.74) is 2.68. The lowest BCUT2D eigenvalue weighted by Gasteiger charge is -2.32. The molecule has 4 rings (SSSR count). The third kappa shape index (κ3) is 3.52. The molecule has 1 aliphatic rings. The van der Waals surface area contributed by atoms with Gasteiger partial charge in [0.05, 0.1) is 5.69 Å². The highest BCUT2D eigenvalue weighted by molar-refractivity contribution is 6.13. The Balaban J connectivity index is 2.13. The van der Waals surface area contributed by atoms with E-state index in [1.165, 1.54) is 0 Å². The number of nitrogens with zero attached hydrogens (tertiary/aromatic N) is 3. The van der Waals surface area contributed by atoms with E-state index < -0.39 is 5.41 Å². The maximum absolute atomic E-state index is 14.3. The quantitative estimate of drug-likeness (QED) is 0.501. The molecule has 0 saturated carbocycles. The number of para-hydroxylation sites is 1. The monoisotopic (exact) mass is 435 g/mol. The number of amides is 1. The first-order valence-electron chi connectivity index (χ1n) is 10.8. The van der Waals surface area contributed by atoms with Gasteiger partial charge in [-0.25, -0.2) is 11.5 Å². The van der Waals surface area contributed by atoms with Gasteiger partial charge >= 0.3 is 0 Å². The lowest BCUT2D eigenvalue weighted by Crippen LogP contribution is -2.42. The van der Waals surface area contributed by atoms with E-state index in [0.29, 0.717) is 11.3 Å². The number of rotatable bonds is 5. The molecule has 5 heteroatoms. The summed E-state index contributed by atoms with van der Waals surface area (Å²) in [5, 5.41) is 9.19. The fourth-order valence-electron chi connectivity index (χ4n) is 4.57. The summed E-state index contributed by atoms with van der Waals surface area (Å²) in [4.78, 5) is 19.4. The molecule has 0 bridgehead atoms. The molecule has 164 valence electrons. The number of nitriles is 1. The van der Waals surface area contributed by atoms with Gasteiger partial charge in [-0.3, -0.25) is 9.64 Å². The number of carbonyl (C=O) groups is 1. The highest BCUT2D eigenvalue weighted by Crippen LogP contribution is 2.53. The van der Waals surface area contributed by atoms with Gasteiger partial charge in [0.1, 0.15) is 17.2 Å². The Kier molecular flexibility index (Phi) is 5.66. The third-order valence-corrected chi connectivity index (χ3v) is 6.13. The van der Waals surface area contributed by atoms with Crippen LogP contribution in [0.15, 0.2) is 72.8 Å². The summed E-state index contributed by atoms with van der Waals surface area (Å²) in [6.07, 6.45) is 0. The second-order valence-electron chi connectivity index (χ2n) is 9.07. The molecule has 0 N–H and O–H groups in total. The molecule has 0 saturated heterocycles. The molecule has 0 aromatic heterocycles. The number of fused-ring (bicyclic) bond motifs is 1. The highest BCUT2D eigenvalue weighted by Gasteiger charge is 2.55. The van der Waals surface area contributed by atoms with Crippen molar-refractivity contribution in [2.75, 3.05) is 18.2 Å². The zero-order valence-electron chi connectivity index (χ0n) is 19.0. The largest absolute Gasteiger partial charge is 0.478 e. The fourth-order valence-corrected chi connectivity index (χ4v) is 4.57. The van der Waals surface area contributed by atoms with E-state index in [9.17, 15) is 10.1 Å². The number of anilines is 1. The summed E-state index contributed by atoms with van der Waals surface area (Å²) in [7, 11) is 0. The molecule has 3 aromatic carbocycles. The van der Waals surface area contributed by atoms with Crippen molar-refractivity contribution in [2.24, 2.45) is 0 Å². The zero-order valence-corrected chi connectivity index (χ0v) is 19.0. The van der Waals surface area contributed by atoms with Crippen molar-refractivity contribution in [1.82, 2.24) is 0 Å². The SMILES string of the molecule is [C-]#[N+]CN1C(=O)C(c2ccccc2)(c2cc(C(C)(C)C)ccc2OCC#N)c2ccccc21. The molecule has 0 fully saturated rings. The second-order valence-corrected chi connectivity index (χ2v) is 9.07. The lowest BCUT2D eigenvalue weighted by atomic mass is 9.68.